The summed E-state index contributed by atoms with van der Waals surface area (Å²) < 4.78 is 0. The van der Waals surface area contributed by atoms with Crippen LogP contribution in [0, 0.1) is 5.92 Å². The third kappa shape index (κ3) is 1.22. The van der Waals surface area contributed by atoms with E-state index in [0.717, 1.165) is 9.98 Å². The number of likely N-dealkylation sites (N-methyl/N-ethyl adjacent to an activating group) is 1. The van der Waals surface area contributed by atoms with Crippen LogP contribution in [0.5, 0.6) is 0 Å². The van der Waals surface area contributed by atoms with Crippen molar-refractivity contribution in [2.75, 3.05) is 12.8 Å². The van der Waals surface area contributed by atoms with Gasteiger partial charge in [0.05, 0.1) is 4.99 Å². The van der Waals surface area contributed by atoms with Gasteiger partial charge in [-0.15, -0.1) is 11.8 Å². The van der Waals surface area contributed by atoms with Gasteiger partial charge >= 0.3 is 0 Å². The smallest absolute Gasteiger partial charge is 0.107 e. The molecule has 0 saturated carbocycles. The number of thiocarbonyl (C=S) groups is 2. The molecule has 0 aromatic heterocycles. The zero-order valence-corrected chi connectivity index (χ0v) is 9.19. The molecular formula is C8H9NS3. The van der Waals surface area contributed by atoms with Crippen molar-refractivity contribution in [3.8, 4) is 0 Å². The van der Waals surface area contributed by atoms with Gasteiger partial charge in [0.2, 0.25) is 0 Å². The topological polar surface area (TPSA) is 3.24 Å². The first-order chi connectivity index (χ1) is 5.70. The number of hydrogen-bond donors (Lipinski definition) is 0. The molecule has 0 aromatic rings. The molecule has 2 aliphatic rings. The summed E-state index contributed by atoms with van der Waals surface area (Å²) in [6, 6.07) is 0. The molecule has 4 heteroatoms. The van der Waals surface area contributed by atoms with Gasteiger partial charge in [0.15, 0.2) is 0 Å². The summed E-state index contributed by atoms with van der Waals surface area (Å²) in [4.78, 5) is 5.19. The van der Waals surface area contributed by atoms with Crippen molar-refractivity contribution in [3.63, 3.8) is 0 Å². The molecule has 0 spiro atoms. The zero-order chi connectivity index (χ0) is 8.72. The van der Waals surface area contributed by atoms with Gasteiger partial charge in [0.25, 0.3) is 0 Å². The lowest BCUT2D eigenvalue weighted by Crippen LogP contribution is -2.37. The summed E-state index contributed by atoms with van der Waals surface area (Å²) in [5, 5.41) is 0. The lowest BCUT2D eigenvalue weighted by molar-refractivity contribution is 0.686. The van der Waals surface area contributed by atoms with Crippen molar-refractivity contribution in [3.05, 3.63) is 11.0 Å². The van der Waals surface area contributed by atoms with Gasteiger partial charge in [-0.3, -0.25) is 0 Å². The fourth-order valence-electron chi connectivity index (χ4n) is 1.49. The van der Waals surface area contributed by atoms with Gasteiger partial charge in [-0.05, 0) is 23.2 Å². The van der Waals surface area contributed by atoms with Gasteiger partial charge in [-0.1, -0.05) is 24.4 Å². The Morgan fingerprint density at radius 3 is 3.08 bits per heavy atom. The molecule has 1 nitrogen and oxygen atoms in total. The summed E-state index contributed by atoms with van der Waals surface area (Å²) in [5.74, 6) is 1.68. The van der Waals surface area contributed by atoms with Gasteiger partial charge < -0.3 is 4.90 Å². The fourth-order valence-corrected chi connectivity index (χ4v) is 3.48. The van der Waals surface area contributed by atoms with E-state index in [1.165, 1.54) is 17.1 Å². The standard InChI is InChI=1S/C8H9NS3/c1-9-7(10)4-6-5(8(9)11)2-3-12-6/h4-5H,2-3H2,1H3. The largest absolute Gasteiger partial charge is 0.330 e. The number of rotatable bonds is 0. The zero-order valence-electron chi connectivity index (χ0n) is 6.74. The Balaban J connectivity index is 2.38. The third-order valence-electron chi connectivity index (χ3n) is 2.24. The SMILES string of the molecule is CN1C(=S)C=C2SCCC2C1=S. The summed E-state index contributed by atoms with van der Waals surface area (Å²) in [6.45, 7) is 0. The highest BCUT2D eigenvalue weighted by Crippen LogP contribution is 2.40. The van der Waals surface area contributed by atoms with Crippen molar-refractivity contribution in [1.29, 1.82) is 0 Å². The van der Waals surface area contributed by atoms with Crippen molar-refractivity contribution in [2.24, 2.45) is 5.92 Å². The molecule has 0 amide bonds. The Kier molecular flexibility index (Phi) is 2.23. The maximum Gasteiger partial charge on any atom is 0.107 e. The monoisotopic (exact) mass is 215 g/mol. The molecule has 0 aliphatic carbocycles. The van der Waals surface area contributed by atoms with Gasteiger partial charge in [0, 0.05) is 13.0 Å². The van der Waals surface area contributed by atoms with Gasteiger partial charge in [0.1, 0.15) is 4.99 Å². The number of fused-ring (bicyclic) bond motifs is 1. The fraction of sp³-hybridized carbons (Fsp3) is 0.500. The summed E-state index contributed by atoms with van der Waals surface area (Å²) >= 11 is 12.4. The molecule has 2 heterocycles. The van der Waals surface area contributed by atoms with E-state index in [-0.39, 0.29) is 0 Å². The molecular weight excluding hydrogens is 206 g/mol. The minimum Gasteiger partial charge on any atom is -0.330 e. The quantitative estimate of drug-likeness (QED) is 0.570. The van der Waals surface area contributed by atoms with Crippen LogP contribution in [0.15, 0.2) is 11.0 Å². The molecule has 1 unspecified atom stereocenters. The van der Waals surface area contributed by atoms with E-state index < -0.39 is 0 Å². The van der Waals surface area contributed by atoms with Crippen molar-refractivity contribution in [2.45, 2.75) is 6.42 Å². The lowest BCUT2D eigenvalue weighted by Gasteiger charge is -2.28. The van der Waals surface area contributed by atoms with Crippen LogP contribution in [0.25, 0.3) is 0 Å². The molecule has 0 bridgehead atoms. The highest BCUT2D eigenvalue weighted by atomic mass is 32.2. The van der Waals surface area contributed by atoms with E-state index in [1.807, 2.05) is 23.7 Å². The van der Waals surface area contributed by atoms with E-state index in [2.05, 4.69) is 6.08 Å². The van der Waals surface area contributed by atoms with Crippen LogP contribution in [0.3, 0.4) is 0 Å². The second kappa shape index (κ2) is 3.09. The highest BCUT2D eigenvalue weighted by molar-refractivity contribution is 8.03. The van der Waals surface area contributed by atoms with Crippen molar-refractivity contribution in [1.82, 2.24) is 4.90 Å². The Labute approximate surface area is 87.2 Å². The predicted octanol–water partition coefficient (Wildman–Crippen LogP) is 2.22. The minimum atomic E-state index is 0.488. The lowest BCUT2D eigenvalue weighted by atomic mass is 10.0. The number of nitrogens with zero attached hydrogens (tertiary/aromatic N) is 1. The van der Waals surface area contributed by atoms with E-state index in [1.54, 1.807) is 0 Å². The first-order valence-electron chi connectivity index (χ1n) is 3.86. The Bertz CT molecular complexity index is 282. The van der Waals surface area contributed by atoms with E-state index in [4.69, 9.17) is 24.4 Å². The average Bonchev–Trinajstić information content (AvgIpc) is 2.48. The molecule has 0 N–H and O–H groups in total. The average molecular weight is 215 g/mol. The van der Waals surface area contributed by atoms with E-state index in [9.17, 15) is 0 Å². The van der Waals surface area contributed by atoms with Gasteiger partial charge in [-0.2, -0.15) is 0 Å². The minimum absolute atomic E-state index is 0.488. The van der Waals surface area contributed by atoms with Crippen molar-refractivity contribution < 1.29 is 0 Å². The molecule has 2 rings (SSSR count). The molecule has 64 valence electrons. The number of thioether (sulfide) groups is 1. The Morgan fingerprint density at radius 2 is 2.33 bits per heavy atom. The molecule has 0 radical (unpaired) electrons. The summed E-state index contributed by atoms with van der Waals surface area (Å²) in [6.07, 6.45) is 3.27. The van der Waals surface area contributed by atoms with Crippen LogP contribution in [0.1, 0.15) is 6.42 Å². The summed E-state index contributed by atoms with van der Waals surface area (Å²) in [5.41, 5.74) is 0. The van der Waals surface area contributed by atoms with Crippen LogP contribution in [0.4, 0.5) is 0 Å². The normalized spacial score (nSPS) is 28.9. The van der Waals surface area contributed by atoms with Gasteiger partial charge in [-0.25, -0.2) is 0 Å². The maximum absolute atomic E-state index is 5.33. The second-order valence-electron chi connectivity index (χ2n) is 2.97. The second-order valence-corrected chi connectivity index (χ2v) is 4.98. The van der Waals surface area contributed by atoms with E-state index in [0.29, 0.717) is 5.92 Å². The third-order valence-corrected chi connectivity index (χ3v) is 4.37. The predicted molar refractivity (Wildman–Crippen MR) is 61.6 cm³/mol. The first kappa shape index (κ1) is 8.66. The first-order valence-corrected chi connectivity index (χ1v) is 5.66. The summed E-state index contributed by atoms with van der Waals surface area (Å²) in [7, 11) is 1.96. The number of hydrogen-bond acceptors (Lipinski definition) is 3. The Morgan fingerprint density at radius 1 is 1.58 bits per heavy atom. The Hall–Kier alpha value is 0.0700. The van der Waals surface area contributed by atoms with Crippen LogP contribution in [-0.2, 0) is 0 Å². The molecule has 12 heavy (non-hydrogen) atoms. The molecule has 1 fully saturated rings. The van der Waals surface area contributed by atoms with Crippen LogP contribution in [0.2, 0.25) is 0 Å². The van der Waals surface area contributed by atoms with E-state index >= 15 is 0 Å². The van der Waals surface area contributed by atoms with Crippen LogP contribution >= 0.6 is 36.2 Å². The van der Waals surface area contributed by atoms with Crippen LogP contribution in [-0.4, -0.2) is 27.7 Å². The molecule has 1 atom stereocenters. The van der Waals surface area contributed by atoms with Crippen LogP contribution < -0.4 is 0 Å². The van der Waals surface area contributed by atoms with Crippen molar-refractivity contribution >= 4 is 46.2 Å². The maximum atomic E-state index is 5.33. The molecule has 1 saturated heterocycles. The molecule has 2 aliphatic heterocycles. The highest BCUT2D eigenvalue weighted by Gasteiger charge is 2.32. The molecule has 0 aromatic carbocycles.